The molecule has 0 aliphatic rings. The van der Waals surface area contributed by atoms with Crippen molar-refractivity contribution in [3.8, 4) is 5.75 Å². The lowest BCUT2D eigenvalue weighted by Gasteiger charge is -2.11. The molecule has 0 fully saturated rings. The number of esters is 1. The van der Waals surface area contributed by atoms with E-state index in [1.165, 1.54) is 6.92 Å². The highest BCUT2D eigenvalue weighted by atomic mass is 127. The molecule has 0 amide bonds. The van der Waals surface area contributed by atoms with Gasteiger partial charge in [0, 0.05) is 22.1 Å². The largest absolute Gasteiger partial charge is 0.487 e. The van der Waals surface area contributed by atoms with E-state index < -0.39 is 0 Å². The molecular weight excluding hydrogens is 472 g/mol. The molecule has 6 heteroatoms. The Morgan fingerprint density at radius 3 is 2.84 bits per heavy atom. The maximum Gasteiger partial charge on any atom is 0.302 e. The van der Waals surface area contributed by atoms with E-state index in [-0.39, 0.29) is 12.6 Å². The number of fused-ring (bicyclic) bond motifs is 1. The zero-order valence-electron chi connectivity index (χ0n) is 10.2. The van der Waals surface area contributed by atoms with Crippen LogP contribution in [0.5, 0.6) is 5.75 Å². The van der Waals surface area contributed by atoms with Crippen molar-refractivity contribution in [1.29, 1.82) is 0 Å². The molecule has 19 heavy (non-hydrogen) atoms. The minimum atomic E-state index is -0.302. The summed E-state index contributed by atoms with van der Waals surface area (Å²) in [4.78, 5) is 15.1. The Morgan fingerprint density at radius 2 is 2.11 bits per heavy atom. The summed E-state index contributed by atoms with van der Waals surface area (Å²) >= 11 is 4.51. The molecule has 100 valence electrons. The second-order valence-corrected chi connectivity index (χ2v) is 6.08. The number of rotatable bonds is 4. The highest BCUT2D eigenvalue weighted by Gasteiger charge is 2.11. The van der Waals surface area contributed by atoms with E-state index in [1.807, 2.05) is 18.2 Å². The molecule has 0 aliphatic carbocycles. The van der Waals surface area contributed by atoms with E-state index in [1.54, 1.807) is 6.20 Å². The number of nitrogens with zero attached hydrogens (tertiary/aromatic N) is 1. The summed E-state index contributed by atoms with van der Waals surface area (Å²) < 4.78 is 12.7. The van der Waals surface area contributed by atoms with Gasteiger partial charge in [-0.2, -0.15) is 0 Å². The topological polar surface area (TPSA) is 48.4 Å². The van der Waals surface area contributed by atoms with Crippen molar-refractivity contribution in [2.24, 2.45) is 0 Å². The van der Waals surface area contributed by atoms with Gasteiger partial charge in [-0.05, 0) is 57.3 Å². The van der Waals surface area contributed by atoms with Crippen LogP contribution < -0.4 is 4.74 Å². The fourth-order valence-corrected chi connectivity index (χ4v) is 3.68. The van der Waals surface area contributed by atoms with Crippen LogP contribution in [0, 0.1) is 7.14 Å². The molecule has 0 bridgehead atoms. The Kier molecular flexibility index (Phi) is 5.20. The minimum Gasteiger partial charge on any atom is -0.487 e. The molecular formula is C13H11I2NO3. The van der Waals surface area contributed by atoms with Crippen LogP contribution in [0.2, 0.25) is 0 Å². The minimum absolute atomic E-state index is 0.242. The smallest absolute Gasteiger partial charge is 0.302 e. The Balaban J connectivity index is 2.24. The van der Waals surface area contributed by atoms with Crippen molar-refractivity contribution in [1.82, 2.24) is 4.98 Å². The first-order valence-electron chi connectivity index (χ1n) is 5.58. The molecule has 1 aromatic heterocycles. The molecule has 0 aliphatic heterocycles. The van der Waals surface area contributed by atoms with Crippen LogP contribution in [0.4, 0.5) is 0 Å². The predicted octanol–water partition coefficient (Wildman–Crippen LogP) is 3.39. The van der Waals surface area contributed by atoms with Gasteiger partial charge in [-0.25, -0.2) is 0 Å². The van der Waals surface area contributed by atoms with Gasteiger partial charge in [0.1, 0.15) is 18.7 Å². The summed E-state index contributed by atoms with van der Waals surface area (Å²) in [6.07, 6.45) is 1.74. The number of carbonyl (C=O) groups excluding carboxylic acids is 1. The molecule has 4 nitrogen and oxygen atoms in total. The first kappa shape index (κ1) is 14.8. The number of pyridine rings is 1. The lowest BCUT2D eigenvalue weighted by molar-refractivity contribution is -0.141. The number of hydrogen-bond donors (Lipinski definition) is 0. The molecule has 0 saturated heterocycles. The first-order chi connectivity index (χ1) is 9.09. The van der Waals surface area contributed by atoms with Crippen molar-refractivity contribution in [2.75, 3.05) is 13.2 Å². The van der Waals surface area contributed by atoms with Crippen LogP contribution in [0.1, 0.15) is 6.92 Å². The molecule has 0 unspecified atom stereocenters. The summed E-state index contributed by atoms with van der Waals surface area (Å²) in [7, 11) is 0. The Bertz CT molecular complexity index is 616. The highest BCUT2D eigenvalue weighted by molar-refractivity contribution is 14.1. The van der Waals surface area contributed by atoms with Crippen molar-refractivity contribution in [2.45, 2.75) is 6.92 Å². The van der Waals surface area contributed by atoms with Gasteiger partial charge in [0.15, 0.2) is 5.75 Å². The maximum absolute atomic E-state index is 10.7. The van der Waals surface area contributed by atoms with Crippen LogP contribution >= 0.6 is 45.2 Å². The maximum atomic E-state index is 10.7. The van der Waals surface area contributed by atoms with Crippen molar-refractivity contribution >= 4 is 62.1 Å². The Labute approximate surface area is 138 Å². The number of aromatic nitrogens is 1. The van der Waals surface area contributed by atoms with Gasteiger partial charge in [-0.1, -0.05) is 6.07 Å². The average Bonchev–Trinajstić information content (AvgIpc) is 2.37. The van der Waals surface area contributed by atoms with Crippen LogP contribution in [0.15, 0.2) is 24.4 Å². The molecule has 0 radical (unpaired) electrons. The third-order valence-electron chi connectivity index (χ3n) is 2.39. The Morgan fingerprint density at radius 1 is 1.32 bits per heavy atom. The standard InChI is InChI=1S/C13H11I2NO3/c1-8(17)18-5-6-19-13-11(15)7-10(14)9-3-2-4-16-12(9)13/h2-4,7H,5-6H2,1H3. The molecule has 1 heterocycles. The fourth-order valence-electron chi connectivity index (χ4n) is 1.61. The van der Waals surface area contributed by atoms with Gasteiger partial charge < -0.3 is 9.47 Å². The van der Waals surface area contributed by atoms with E-state index in [4.69, 9.17) is 9.47 Å². The van der Waals surface area contributed by atoms with E-state index >= 15 is 0 Å². The molecule has 0 saturated carbocycles. The molecule has 2 rings (SSSR count). The van der Waals surface area contributed by atoms with Crippen molar-refractivity contribution < 1.29 is 14.3 Å². The third-order valence-corrected chi connectivity index (χ3v) is 4.08. The highest BCUT2D eigenvalue weighted by Crippen LogP contribution is 2.32. The molecule has 2 aromatic rings. The van der Waals surface area contributed by atoms with Crippen LogP contribution in [-0.4, -0.2) is 24.2 Å². The number of carbonyl (C=O) groups is 1. The lowest BCUT2D eigenvalue weighted by Crippen LogP contribution is -2.10. The number of halogens is 2. The van der Waals surface area contributed by atoms with Crippen LogP contribution in [0.25, 0.3) is 10.9 Å². The molecule has 0 spiro atoms. The van der Waals surface area contributed by atoms with E-state index in [2.05, 4.69) is 50.2 Å². The van der Waals surface area contributed by atoms with Crippen LogP contribution in [-0.2, 0) is 9.53 Å². The normalized spacial score (nSPS) is 10.5. The third kappa shape index (κ3) is 3.68. The molecule has 0 N–H and O–H groups in total. The summed E-state index contributed by atoms with van der Waals surface area (Å²) in [5, 5.41) is 1.06. The fraction of sp³-hybridized carbons (Fsp3) is 0.231. The van der Waals surface area contributed by atoms with Gasteiger partial charge in [-0.3, -0.25) is 9.78 Å². The predicted molar refractivity (Wildman–Crippen MR) is 89.3 cm³/mol. The lowest BCUT2D eigenvalue weighted by atomic mass is 10.2. The summed E-state index contributed by atoms with van der Waals surface area (Å²) in [6.45, 7) is 1.94. The van der Waals surface area contributed by atoms with Crippen molar-refractivity contribution in [3.05, 3.63) is 31.5 Å². The molecule has 1 aromatic carbocycles. The first-order valence-corrected chi connectivity index (χ1v) is 7.74. The van der Waals surface area contributed by atoms with Gasteiger partial charge in [-0.15, -0.1) is 0 Å². The monoisotopic (exact) mass is 483 g/mol. The number of benzene rings is 1. The SMILES string of the molecule is CC(=O)OCCOc1c(I)cc(I)c2cccnc12. The van der Waals surface area contributed by atoms with Crippen LogP contribution in [0.3, 0.4) is 0 Å². The summed E-state index contributed by atoms with van der Waals surface area (Å²) in [5.41, 5.74) is 0.835. The summed E-state index contributed by atoms with van der Waals surface area (Å²) in [6, 6.07) is 5.96. The van der Waals surface area contributed by atoms with Crippen molar-refractivity contribution in [3.63, 3.8) is 0 Å². The second kappa shape index (κ2) is 6.69. The second-order valence-electron chi connectivity index (χ2n) is 3.76. The number of ether oxygens (including phenoxy) is 2. The zero-order chi connectivity index (χ0) is 13.8. The van der Waals surface area contributed by atoms with E-state index in [0.29, 0.717) is 6.61 Å². The van der Waals surface area contributed by atoms with Gasteiger partial charge in [0.05, 0.1) is 3.57 Å². The van der Waals surface area contributed by atoms with Gasteiger partial charge >= 0.3 is 5.97 Å². The van der Waals surface area contributed by atoms with E-state index in [0.717, 1.165) is 23.8 Å². The number of hydrogen-bond acceptors (Lipinski definition) is 4. The Hall–Kier alpha value is -0.640. The average molecular weight is 483 g/mol. The van der Waals surface area contributed by atoms with Gasteiger partial charge in [0.25, 0.3) is 0 Å². The van der Waals surface area contributed by atoms with E-state index in [9.17, 15) is 4.79 Å². The summed E-state index contributed by atoms with van der Waals surface area (Å²) in [5.74, 6) is 0.438. The zero-order valence-corrected chi connectivity index (χ0v) is 14.5. The van der Waals surface area contributed by atoms with Gasteiger partial charge in [0.2, 0.25) is 0 Å². The molecule has 0 atom stereocenters. The quantitative estimate of drug-likeness (QED) is 0.381.